The van der Waals surface area contributed by atoms with Crippen LogP contribution in [0.3, 0.4) is 0 Å². The molecule has 2 aromatic heterocycles. The Hall–Kier alpha value is -3.46. The Morgan fingerprint density at radius 3 is 2.65 bits per heavy atom. The van der Waals surface area contributed by atoms with Gasteiger partial charge in [-0.2, -0.15) is 9.61 Å². The standard InChI is InChI=1S/C22H26N6O3/c1-22(2,31)16-7-5-14(6-8-16)21(30)26-17-12-19(28-18(25-17)9-10-24-28)27-11-3-4-15(13-27)20(23)29/h5-10,12,15,31H,3-4,11,13H2,1-2H3,(H2,23,29)(H,25,26,30)/t15-/m0/s1. The molecule has 0 unspecified atom stereocenters. The lowest BCUT2D eigenvalue weighted by atomic mass is 9.97. The van der Waals surface area contributed by atoms with E-state index in [1.807, 2.05) is 4.90 Å². The number of primary amides is 1. The summed E-state index contributed by atoms with van der Waals surface area (Å²) < 4.78 is 1.69. The molecule has 9 nitrogen and oxygen atoms in total. The van der Waals surface area contributed by atoms with Gasteiger partial charge in [-0.25, -0.2) is 4.98 Å². The molecule has 3 aromatic rings. The van der Waals surface area contributed by atoms with Crippen LogP contribution in [0.15, 0.2) is 42.6 Å². The Kier molecular flexibility index (Phi) is 5.36. The van der Waals surface area contributed by atoms with Gasteiger partial charge in [0.15, 0.2) is 5.65 Å². The van der Waals surface area contributed by atoms with Gasteiger partial charge in [0.1, 0.15) is 11.6 Å². The number of nitrogens with two attached hydrogens (primary N) is 1. The molecule has 4 N–H and O–H groups in total. The van der Waals surface area contributed by atoms with E-state index < -0.39 is 5.60 Å². The lowest BCUT2D eigenvalue weighted by molar-refractivity contribution is -0.122. The normalized spacial score (nSPS) is 17.0. The fraction of sp³-hybridized carbons (Fsp3) is 0.364. The van der Waals surface area contributed by atoms with Crippen LogP contribution in [0.4, 0.5) is 11.6 Å². The number of benzene rings is 1. The molecule has 1 atom stereocenters. The molecule has 31 heavy (non-hydrogen) atoms. The number of hydrogen-bond donors (Lipinski definition) is 3. The van der Waals surface area contributed by atoms with Crippen LogP contribution < -0.4 is 16.0 Å². The molecular formula is C22H26N6O3. The third-order valence-corrected chi connectivity index (χ3v) is 5.58. The summed E-state index contributed by atoms with van der Waals surface area (Å²) in [6.45, 7) is 4.64. The summed E-state index contributed by atoms with van der Waals surface area (Å²) in [4.78, 5) is 31.0. The Labute approximate surface area is 179 Å². The minimum absolute atomic E-state index is 0.222. The largest absolute Gasteiger partial charge is 0.386 e. The predicted octanol–water partition coefficient (Wildman–Crippen LogP) is 1.91. The first-order valence-electron chi connectivity index (χ1n) is 10.3. The van der Waals surface area contributed by atoms with E-state index in [9.17, 15) is 14.7 Å². The highest BCUT2D eigenvalue weighted by Gasteiger charge is 2.26. The maximum absolute atomic E-state index is 12.8. The van der Waals surface area contributed by atoms with Gasteiger partial charge in [0.05, 0.1) is 17.7 Å². The first-order chi connectivity index (χ1) is 14.7. The second-order valence-electron chi connectivity index (χ2n) is 8.38. The molecule has 1 saturated heterocycles. The van der Waals surface area contributed by atoms with Crippen LogP contribution in [0, 0.1) is 5.92 Å². The highest BCUT2D eigenvalue weighted by Crippen LogP contribution is 2.26. The highest BCUT2D eigenvalue weighted by atomic mass is 16.3. The SMILES string of the molecule is CC(C)(O)c1ccc(C(=O)Nc2cc(N3CCC[C@H](C(N)=O)C3)n3nccc3n2)cc1. The van der Waals surface area contributed by atoms with Crippen molar-refractivity contribution in [2.45, 2.75) is 32.3 Å². The third-order valence-electron chi connectivity index (χ3n) is 5.58. The van der Waals surface area contributed by atoms with Gasteiger partial charge in [0, 0.05) is 30.8 Å². The van der Waals surface area contributed by atoms with Crippen LogP contribution in [0.5, 0.6) is 0 Å². The molecule has 0 saturated carbocycles. The number of carbonyl (C=O) groups excluding carboxylic acids is 2. The number of hydrogen-bond acceptors (Lipinski definition) is 6. The van der Waals surface area contributed by atoms with Crippen molar-refractivity contribution < 1.29 is 14.7 Å². The maximum atomic E-state index is 12.8. The van der Waals surface area contributed by atoms with Gasteiger partial charge in [-0.1, -0.05) is 12.1 Å². The minimum Gasteiger partial charge on any atom is -0.386 e. The van der Waals surface area contributed by atoms with Crippen molar-refractivity contribution >= 4 is 29.1 Å². The van der Waals surface area contributed by atoms with E-state index >= 15 is 0 Å². The van der Waals surface area contributed by atoms with E-state index in [0.29, 0.717) is 23.6 Å². The average Bonchev–Trinajstić information content (AvgIpc) is 3.21. The summed E-state index contributed by atoms with van der Waals surface area (Å²) in [6.07, 6.45) is 3.25. The Morgan fingerprint density at radius 1 is 1.23 bits per heavy atom. The fourth-order valence-corrected chi connectivity index (χ4v) is 3.82. The molecule has 0 spiro atoms. The number of amides is 2. The molecule has 4 rings (SSSR count). The van der Waals surface area contributed by atoms with Crippen molar-refractivity contribution in [3.8, 4) is 0 Å². The van der Waals surface area contributed by atoms with Crippen LogP contribution in [-0.2, 0) is 10.4 Å². The summed E-state index contributed by atoms with van der Waals surface area (Å²) in [7, 11) is 0. The summed E-state index contributed by atoms with van der Waals surface area (Å²) in [5.74, 6) is 0.297. The number of fused-ring (bicyclic) bond motifs is 1. The van der Waals surface area contributed by atoms with Crippen molar-refractivity contribution in [2.24, 2.45) is 11.7 Å². The van der Waals surface area contributed by atoms with E-state index in [1.165, 1.54) is 0 Å². The van der Waals surface area contributed by atoms with Gasteiger partial charge in [-0.3, -0.25) is 9.59 Å². The zero-order valence-corrected chi connectivity index (χ0v) is 17.6. The Morgan fingerprint density at radius 2 is 1.97 bits per heavy atom. The molecule has 2 amide bonds. The molecule has 0 radical (unpaired) electrons. The van der Waals surface area contributed by atoms with Crippen LogP contribution >= 0.6 is 0 Å². The molecule has 1 aliphatic rings. The molecule has 0 aliphatic carbocycles. The first kappa shape index (κ1) is 20.8. The van der Waals surface area contributed by atoms with E-state index in [-0.39, 0.29) is 17.7 Å². The second-order valence-corrected chi connectivity index (χ2v) is 8.38. The van der Waals surface area contributed by atoms with Crippen LogP contribution in [-0.4, -0.2) is 44.6 Å². The van der Waals surface area contributed by atoms with Gasteiger partial charge in [-0.05, 0) is 44.4 Å². The molecule has 162 valence electrons. The summed E-state index contributed by atoms with van der Waals surface area (Å²) in [5.41, 5.74) is 6.31. The van der Waals surface area contributed by atoms with Crippen molar-refractivity contribution in [3.63, 3.8) is 0 Å². The molecule has 0 bridgehead atoms. The van der Waals surface area contributed by atoms with Crippen molar-refractivity contribution in [2.75, 3.05) is 23.3 Å². The number of carbonyl (C=O) groups is 2. The zero-order chi connectivity index (χ0) is 22.2. The number of nitrogens with one attached hydrogen (secondary N) is 1. The quantitative estimate of drug-likeness (QED) is 0.577. The number of aromatic nitrogens is 3. The minimum atomic E-state index is -0.976. The van der Waals surface area contributed by atoms with Crippen LogP contribution in [0.1, 0.15) is 42.6 Å². The Balaban J connectivity index is 1.60. The molecular weight excluding hydrogens is 396 g/mol. The number of piperidine rings is 1. The van der Waals surface area contributed by atoms with E-state index in [0.717, 1.165) is 30.8 Å². The van der Waals surface area contributed by atoms with Gasteiger partial charge < -0.3 is 21.1 Å². The van der Waals surface area contributed by atoms with E-state index in [1.54, 1.807) is 61.0 Å². The number of rotatable bonds is 5. The van der Waals surface area contributed by atoms with Gasteiger partial charge >= 0.3 is 0 Å². The molecule has 1 fully saturated rings. The molecule has 1 aliphatic heterocycles. The van der Waals surface area contributed by atoms with Gasteiger partial charge in [0.25, 0.3) is 5.91 Å². The Bertz CT molecular complexity index is 1120. The highest BCUT2D eigenvalue weighted by molar-refractivity contribution is 6.04. The average molecular weight is 422 g/mol. The monoisotopic (exact) mass is 422 g/mol. The topological polar surface area (TPSA) is 126 Å². The van der Waals surface area contributed by atoms with E-state index in [2.05, 4.69) is 15.4 Å². The second kappa shape index (κ2) is 7.99. The third kappa shape index (κ3) is 4.36. The molecule has 1 aromatic carbocycles. The van der Waals surface area contributed by atoms with Crippen molar-refractivity contribution in [1.82, 2.24) is 14.6 Å². The van der Waals surface area contributed by atoms with Gasteiger partial charge in [0.2, 0.25) is 5.91 Å². The van der Waals surface area contributed by atoms with E-state index in [4.69, 9.17) is 5.73 Å². The fourth-order valence-electron chi connectivity index (χ4n) is 3.82. The van der Waals surface area contributed by atoms with Crippen molar-refractivity contribution in [3.05, 3.63) is 53.7 Å². The smallest absolute Gasteiger partial charge is 0.256 e. The zero-order valence-electron chi connectivity index (χ0n) is 17.6. The summed E-state index contributed by atoms with van der Waals surface area (Å²) in [6, 6.07) is 10.3. The molecule has 3 heterocycles. The van der Waals surface area contributed by atoms with Gasteiger partial charge in [-0.15, -0.1) is 0 Å². The van der Waals surface area contributed by atoms with Crippen LogP contribution in [0.25, 0.3) is 5.65 Å². The number of aliphatic hydroxyl groups is 1. The van der Waals surface area contributed by atoms with Crippen LogP contribution in [0.2, 0.25) is 0 Å². The number of nitrogens with zero attached hydrogens (tertiary/aromatic N) is 4. The summed E-state index contributed by atoms with van der Waals surface area (Å²) in [5, 5.41) is 17.3. The lowest BCUT2D eigenvalue weighted by Gasteiger charge is -2.33. The lowest BCUT2D eigenvalue weighted by Crippen LogP contribution is -2.42. The maximum Gasteiger partial charge on any atom is 0.256 e. The first-order valence-corrected chi connectivity index (χ1v) is 10.3. The van der Waals surface area contributed by atoms with Crippen molar-refractivity contribution in [1.29, 1.82) is 0 Å². The number of anilines is 2. The molecule has 9 heteroatoms. The predicted molar refractivity (Wildman–Crippen MR) is 117 cm³/mol. The summed E-state index contributed by atoms with van der Waals surface area (Å²) >= 11 is 0.